The van der Waals surface area contributed by atoms with Gasteiger partial charge in [-0.1, -0.05) is 49.6 Å². The van der Waals surface area contributed by atoms with Gasteiger partial charge in [-0.15, -0.1) is 0 Å². The van der Waals surface area contributed by atoms with Gasteiger partial charge in [-0.3, -0.25) is 0 Å². The summed E-state index contributed by atoms with van der Waals surface area (Å²) in [6.45, 7) is 0. The van der Waals surface area contributed by atoms with E-state index in [1.165, 1.54) is 0 Å². The summed E-state index contributed by atoms with van der Waals surface area (Å²) in [5, 5.41) is 0. The van der Waals surface area contributed by atoms with Crippen LogP contribution in [-0.4, -0.2) is 6.43 Å². The highest BCUT2D eigenvalue weighted by Gasteiger charge is 2.42. The predicted molar refractivity (Wildman–Crippen MR) is 57.2 cm³/mol. The van der Waals surface area contributed by atoms with E-state index >= 15 is 0 Å². The zero-order valence-corrected chi connectivity index (χ0v) is 8.76. The second-order valence-corrected chi connectivity index (χ2v) is 4.38. The molecule has 1 aliphatic rings. The van der Waals surface area contributed by atoms with Crippen LogP contribution < -0.4 is 0 Å². The molecule has 0 N–H and O–H groups in total. The molecule has 0 aromatic heterocycles. The molecule has 2 heteroatoms. The standard InChI is InChI=1S/C13H16F2/c14-12(15)13(9-5-2-6-10-13)11-7-3-1-4-8-11/h1,3-4,7-8,12H,2,5-6,9-10H2. The molecule has 0 amide bonds. The van der Waals surface area contributed by atoms with Crippen LogP contribution in [0, 0.1) is 0 Å². The number of hydrogen-bond acceptors (Lipinski definition) is 0. The molecule has 2 rings (SSSR count). The third kappa shape index (κ3) is 1.90. The number of hydrogen-bond donors (Lipinski definition) is 0. The molecule has 0 aliphatic heterocycles. The average molecular weight is 210 g/mol. The van der Waals surface area contributed by atoms with Crippen LogP contribution in [0.4, 0.5) is 8.78 Å². The first-order valence-corrected chi connectivity index (χ1v) is 5.59. The first-order valence-electron chi connectivity index (χ1n) is 5.59. The smallest absolute Gasteiger partial charge is 0.210 e. The van der Waals surface area contributed by atoms with Gasteiger partial charge in [0.2, 0.25) is 6.43 Å². The van der Waals surface area contributed by atoms with Gasteiger partial charge in [0.25, 0.3) is 0 Å². The largest absolute Gasteiger partial charge is 0.248 e. The Hall–Kier alpha value is -0.920. The Kier molecular flexibility index (Phi) is 3.03. The number of benzene rings is 1. The normalized spacial score (nSPS) is 20.5. The van der Waals surface area contributed by atoms with Crippen molar-refractivity contribution in [2.75, 3.05) is 0 Å². The highest BCUT2D eigenvalue weighted by Crippen LogP contribution is 2.43. The van der Waals surface area contributed by atoms with Gasteiger partial charge in [0, 0.05) is 0 Å². The molecule has 0 spiro atoms. The van der Waals surface area contributed by atoms with E-state index in [0.29, 0.717) is 12.8 Å². The summed E-state index contributed by atoms with van der Waals surface area (Å²) >= 11 is 0. The molecule has 0 bridgehead atoms. The summed E-state index contributed by atoms with van der Waals surface area (Å²) < 4.78 is 26.5. The van der Waals surface area contributed by atoms with E-state index in [1.807, 2.05) is 30.3 Å². The van der Waals surface area contributed by atoms with Crippen molar-refractivity contribution < 1.29 is 8.78 Å². The molecule has 1 aromatic rings. The lowest BCUT2D eigenvalue weighted by Gasteiger charge is -2.37. The fourth-order valence-corrected chi connectivity index (χ4v) is 2.59. The van der Waals surface area contributed by atoms with Crippen molar-refractivity contribution >= 4 is 0 Å². The summed E-state index contributed by atoms with van der Waals surface area (Å²) in [6, 6.07) is 9.28. The Bertz CT molecular complexity index is 300. The van der Waals surface area contributed by atoms with E-state index in [2.05, 4.69) is 0 Å². The van der Waals surface area contributed by atoms with E-state index in [9.17, 15) is 8.78 Å². The van der Waals surface area contributed by atoms with E-state index < -0.39 is 11.8 Å². The highest BCUT2D eigenvalue weighted by atomic mass is 19.3. The Morgan fingerprint density at radius 2 is 1.53 bits per heavy atom. The van der Waals surface area contributed by atoms with Crippen LogP contribution in [0.2, 0.25) is 0 Å². The zero-order valence-electron chi connectivity index (χ0n) is 8.76. The molecular formula is C13H16F2. The molecular weight excluding hydrogens is 194 g/mol. The molecule has 1 aliphatic carbocycles. The Morgan fingerprint density at radius 3 is 2.07 bits per heavy atom. The molecule has 15 heavy (non-hydrogen) atoms. The van der Waals surface area contributed by atoms with Crippen LogP contribution in [0.5, 0.6) is 0 Å². The third-order valence-electron chi connectivity index (χ3n) is 3.51. The minimum absolute atomic E-state index is 0.634. The second-order valence-electron chi connectivity index (χ2n) is 4.38. The van der Waals surface area contributed by atoms with Gasteiger partial charge >= 0.3 is 0 Å². The maximum Gasteiger partial charge on any atom is 0.248 e. The third-order valence-corrected chi connectivity index (χ3v) is 3.51. The fourth-order valence-electron chi connectivity index (χ4n) is 2.59. The minimum atomic E-state index is -2.24. The monoisotopic (exact) mass is 210 g/mol. The molecule has 0 atom stereocenters. The maximum absolute atomic E-state index is 13.3. The maximum atomic E-state index is 13.3. The summed E-state index contributed by atoms with van der Waals surface area (Å²) in [4.78, 5) is 0. The van der Waals surface area contributed by atoms with Crippen molar-refractivity contribution in [2.24, 2.45) is 0 Å². The topological polar surface area (TPSA) is 0 Å². The van der Waals surface area contributed by atoms with Gasteiger partial charge < -0.3 is 0 Å². The van der Waals surface area contributed by atoms with E-state index in [4.69, 9.17) is 0 Å². The first kappa shape index (κ1) is 10.6. The molecule has 0 saturated heterocycles. The van der Waals surface area contributed by atoms with Crippen LogP contribution in [0.3, 0.4) is 0 Å². The van der Waals surface area contributed by atoms with Crippen LogP contribution in [0.15, 0.2) is 30.3 Å². The molecule has 1 fully saturated rings. The lowest BCUT2D eigenvalue weighted by atomic mass is 9.70. The molecule has 0 radical (unpaired) electrons. The molecule has 1 saturated carbocycles. The van der Waals surface area contributed by atoms with Crippen molar-refractivity contribution in [3.8, 4) is 0 Å². The molecule has 0 unspecified atom stereocenters. The Balaban J connectivity index is 2.34. The van der Waals surface area contributed by atoms with E-state index in [1.54, 1.807) is 0 Å². The lowest BCUT2D eigenvalue weighted by molar-refractivity contribution is 0.0254. The zero-order chi connectivity index (χ0) is 10.7. The highest BCUT2D eigenvalue weighted by molar-refractivity contribution is 5.26. The van der Waals surface area contributed by atoms with Crippen molar-refractivity contribution in [3.05, 3.63) is 35.9 Å². The van der Waals surface area contributed by atoms with Gasteiger partial charge in [0.15, 0.2) is 0 Å². The van der Waals surface area contributed by atoms with Crippen molar-refractivity contribution in [2.45, 2.75) is 43.9 Å². The summed E-state index contributed by atoms with van der Waals surface area (Å²) in [5.74, 6) is 0. The molecule has 82 valence electrons. The average Bonchev–Trinajstić information content (AvgIpc) is 2.31. The van der Waals surface area contributed by atoms with Crippen LogP contribution in [-0.2, 0) is 5.41 Å². The summed E-state index contributed by atoms with van der Waals surface area (Å²) in [6.07, 6.45) is 1.99. The van der Waals surface area contributed by atoms with E-state index in [0.717, 1.165) is 24.8 Å². The van der Waals surface area contributed by atoms with E-state index in [-0.39, 0.29) is 0 Å². The quantitative estimate of drug-likeness (QED) is 0.687. The number of alkyl halides is 2. The number of halogens is 2. The fraction of sp³-hybridized carbons (Fsp3) is 0.538. The SMILES string of the molecule is FC(F)C1(c2ccccc2)CCCCC1. The van der Waals surface area contributed by atoms with Crippen molar-refractivity contribution in [1.29, 1.82) is 0 Å². The van der Waals surface area contributed by atoms with Crippen molar-refractivity contribution in [1.82, 2.24) is 0 Å². The Morgan fingerprint density at radius 1 is 0.933 bits per heavy atom. The van der Waals surface area contributed by atoms with Gasteiger partial charge in [0.05, 0.1) is 5.41 Å². The second kappa shape index (κ2) is 4.30. The Labute approximate surface area is 89.3 Å². The van der Waals surface area contributed by atoms with Crippen LogP contribution in [0.25, 0.3) is 0 Å². The van der Waals surface area contributed by atoms with Crippen molar-refractivity contribution in [3.63, 3.8) is 0 Å². The van der Waals surface area contributed by atoms with Crippen LogP contribution >= 0.6 is 0 Å². The first-order chi connectivity index (χ1) is 7.26. The molecule has 0 nitrogen and oxygen atoms in total. The van der Waals surface area contributed by atoms with Gasteiger partial charge in [0.1, 0.15) is 0 Å². The molecule has 0 heterocycles. The van der Waals surface area contributed by atoms with Gasteiger partial charge in [-0.25, -0.2) is 8.78 Å². The summed E-state index contributed by atoms with van der Waals surface area (Å²) in [5.41, 5.74) is -0.0424. The number of rotatable bonds is 2. The van der Waals surface area contributed by atoms with Gasteiger partial charge in [-0.2, -0.15) is 0 Å². The predicted octanol–water partition coefficient (Wildman–Crippen LogP) is 4.15. The molecule has 1 aromatic carbocycles. The van der Waals surface area contributed by atoms with Crippen LogP contribution in [0.1, 0.15) is 37.7 Å². The van der Waals surface area contributed by atoms with Gasteiger partial charge in [-0.05, 0) is 18.4 Å². The summed E-state index contributed by atoms with van der Waals surface area (Å²) in [7, 11) is 0. The minimum Gasteiger partial charge on any atom is -0.210 e. The lowest BCUT2D eigenvalue weighted by Crippen LogP contribution is -2.36.